The van der Waals surface area contributed by atoms with E-state index in [4.69, 9.17) is 14.9 Å². The van der Waals surface area contributed by atoms with Gasteiger partial charge in [0.2, 0.25) is 11.8 Å². The molecule has 1 heterocycles. The predicted molar refractivity (Wildman–Crippen MR) is 109 cm³/mol. The molecule has 28 heavy (non-hydrogen) atoms. The van der Waals surface area contributed by atoms with Crippen molar-refractivity contribution in [2.24, 2.45) is 5.73 Å². The number of benzene rings is 2. The van der Waals surface area contributed by atoms with Gasteiger partial charge in [0, 0.05) is 13.1 Å². The van der Waals surface area contributed by atoms with Crippen LogP contribution in [0.4, 0.5) is 0 Å². The molecule has 0 fully saturated rings. The third-order valence-electron chi connectivity index (χ3n) is 4.47. The van der Waals surface area contributed by atoms with Gasteiger partial charge in [-0.1, -0.05) is 51.1 Å². The Labute approximate surface area is 165 Å². The lowest BCUT2D eigenvalue weighted by atomic mass is 9.87. The smallest absolute Gasteiger partial charge is 0.246 e. The molecular formula is C22H27N3O3. The van der Waals surface area contributed by atoms with Crippen LogP contribution < -0.4 is 11.1 Å². The summed E-state index contributed by atoms with van der Waals surface area (Å²) in [4.78, 5) is 16.4. The van der Waals surface area contributed by atoms with Gasteiger partial charge in [-0.05, 0) is 34.2 Å². The largest absolute Gasteiger partial charge is 0.438 e. The van der Waals surface area contributed by atoms with Crippen molar-refractivity contribution < 1.29 is 13.9 Å². The van der Waals surface area contributed by atoms with Crippen LogP contribution in [-0.4, -0.2) is 17.5 Å². The minimum Gasteiger partial charge on any atom is -0.438 e. The lowest BCUT2D eigenvalue weighted by Gasteiger charge is -2.18. The van der Waals surface area contributed by atoms with Crippen LogP contribution in [0.2, 0.25) is 0 Å². The van der Waals surface area contributed by atoms with E-state index in [0.717, 1.165) is 22.2 Å². The average Bonchev–Trinajstić information content (AvgIpc) is 3.07. The van der Waals surface area contributed by atoms with Gasteiger partial charge in [0.25, 0.3) is 0 Å². The van der Waals surface area contributed by atoms with Gasteiger partial charge in [0.05, 0.1) is 0 Å². The van der Waals surface area contributed by atoms with Gasteiger partial charge in [-0.2, -0.15) is 0 Å². The number of hydrogen-bond acceptors (Lipinski definition) is 5. The molecule has 6 heteroatoms. The number of carbonyl (C=O) groups is 1. The Balaban J connectivity index is 1.49. The molecule has 1 aromatic heterocycles. The number of rotatable bonds is 7. The summed E-state index contributed by atoms with van der Waals surface area (Å²) in [5, 5.41) is 2.83. The molecule has 0 unspecified atom stereocenters. The predicted octanol–water partition coefficient (Wildman–Crippen LogP) is 3.42. The van der Waals surface area contributed by atoms with Gasteiger partial charge in [0.1, 0.15) is 18.7 Å². The van der Waals surface area contributed by atoms with Crippen LogP contribution in [0.5, 0.6) is 0 Å². The number of ether oxygens (including phenoxy) is 1. The molecule has 0 aliphatic heterocycles. The highest BCUT2D eigenvalue weighted by Gasteiger charge is 2.16. The highest BCUT2D eigenvalue weighted by Crippen LogP contribution is 2.26. The lowest BCUT2D eigenvalue weighted by Crippen LogP contribution is -2.27. The monoisotopic (exact) mass is 381 g/mol. The van der Waals surface area contributed by atoms with Crippen molar-refractivity contribution in [3.63, 3.8) is 0 Å². The second-order valence-corrected chi connectivity index (χ2v) is 7.83. The number of fused-ring (bicyclic) bond motifs is 1. The van der Waals surface area contributed by atoms with Crippen molar-refractivity contribution in [3.05, 3.63) is 65.0 Å². The van der Waals surface area contributed by atoms with E-state index in [-0.39, 0.29) is 24.5 Å². The molecule has 0 saturated carbocycles. The zero-order chi connectivity index (χ0) is 20.1. The van der Waals surface area contributed by atoms with Crippen molar-refractivity contribution in [2.45, 2.75) is 45.9 Å². The van der Waals surface area contributed by atoms with Gasteiger partial charge < -0.3 is 20.2 Å². The molecule has 148 valence electrons. The molecule has 3 rings (SSSR count). The Hall–Kier alpha value is -2.70. The van der Waals surface area contributed by atoms with Crippen LogP contribution in [0.15, 0.2) is 46.9 Å². The number of nitrogens with one attached hydrogen (secondary N) is 1. The number of carbonyl (C=O) groups excluding carboxylic acids is 1. The topological polar surface area (TPSA) is 90.4 Å². The fraction of sp³-hybridized carbons (Fsp3) is 0.364. The minimum absolute atomic E-state index is 0.0472. The molecule has 3 N–H and O–H groups in total. The molecule has 3 aromatic rings. The quantitative estimate of drug-likeness (QED) is 0.654. The van der Waals surface area contributed by atoms with Crippen molar-refractivity contribution in [1.82, 2.24) is 10.3 Å². The number of hydrogen-bond donors (Lipinski definition) is 2. The van der Waals surface area contributed by atoms with Crippen LogP contribution in [-0.2, 0) is 34.6 Å². The Morgan fingerprint density at radius 2 is 1.96 bits per heavy atom. The summed E-state index contributed by atoms with van der Waals surface area (Å²) in [6.07, 6.45) is 0. The Kier molecular flexibility index (Phi) is 6.11. The van der Waals surface area contributed by atoms with E-state index in [1.807, 2.05) is 42.5 Å². The molecular weight excluding hydrogens is 354 g/mol. The van der Waals surface area contributed by atoms with Gasteiger partial charge in [-0.15, -0.1) is 0 Å². The molecule has 1 amide bonds. The SMILES string of the molecule is CC(C)(C)c1ccc2oc(COCC(=O)NCc3cccc(CN)c3)nc2c1. The summed E-state index contributed by atoms with van der Waals surface area (Å²) in [5.41, 5.74) is 10.4. The fourth-order valence-electron chi connectivity index (χ4n) is 2.85. The molecule has 0 saturated heterocycles. The summed E-state index contributed by atoms with van der Waals surface area (Å²) in [7, 11) is 0. The minimum atomic E-state index is -0.190. The summed E-state index contributed by atoms with van der Waals surface area (Å²) < 4.78 is 11.1. The molecule has 0 aliphatic rings. The lowest BCUT2D eigenvalue weighted by molar-refractivity contribution is -0.126. The van der Waals surface area contributed by atoms with Crippen LogP contribution >= 0.6 is 0 Å². The Bertz CT molecular complexity index is 957. The van der Waals surface area contributed by atoms with Crippen molar-refractivity contribution in [1.29, 1.82) is 0 Å². The van der Waals surface area contributed by atoms with Gasteiger partial charge in [0.15, 0.2) is 5.58 Å². The number of aromatic nitrogens is 1. The summed E-state index contributed by atoms with van der Waals surface area (Å²) in [6, 6.07) is 13.8. The third-order valence-corrected chi connectivity index (χ3v) is 4.47. The fourth-order valence-corrected chi connectivity index (χ4v) is 2.85. The normalized spacial score (nSPS) is 11.7. The average molecular weight is 381 g/mol. The molecule has 6 nitrogen and oxygen atoms in total. The zero-order valence-corrected chi connectivity index (χ0v) is 16.6. The van der Waals surface area contributed by atoms with E-state index in [9.17, 15) is 4.79 Å². The Morgan fingerprint density at radius 1 is 1.18 bits per heavy atom. The van der Waals surface area contributed by atoms with Crippen LogP contribution in [0.25, 0.3) is 11.1 Å². The van der Waals surface area contributed by atoms with Crippen molar-refractivity contribution >= 4 is 17.0 Å². The van der Waals surface area contributed by atoms with E-state index < -0.39 is 0 Å². The summed E-state index contributed by atoms with van der Waals surface area (Å²) >= 11 is 0. The van der Waals surface area contributed by atoms with Crippen LogP contribution in [0, 0.1) is 0 Å². The molecule has 0 radical (unpaired) electrons. The second-order valence-electron chi connectivity index (χ2n) is 7.83. The molecule has 2 aromatic carbocycles. The molecule has 0 bridgehead atoms. The standard InChI is InChI=1S/C22H27N3O3/c1-22(2,3)17-7-8-19-18(10-17)25-21(28-19)14-27-13-20(26)24-12-16-6-4-5-15(9-16)11-23/h4-10H,11-14,23H2,1-3H3,(H,24,26). The molecule has 0 aliphatic carbocycles. The molecule has 0 spiro atoms. The number of amides is 1. The maximum Gasteiger partial charge on any atom is 0.246 e. The number of nitrogens with zero attached hydrogens (tertiary/aromatic N) is 1. The van der Waals surface area contributed by atoms with Crippen LogP contribution in [0.3, 0.4) is 0 Å². The number of nitrogens with two attached hydrogens (primary N) is 1. The number of oxazole rings is 1. The first-order valence-electron chi connectivity index (χ1n) is 9.37. The van der Waals surface area contributed by atoms with E-state index in [1.54, 1.807) is 0 Å². The second kappa shape index (κ2) is 8.54. The van der Waals surface area contributed by atoms with Crippen molar-refractivity contribution in [3.8, 4) is 0 Å². The summed E-state index contributed by atoms with van der Waals surface area (Å²) in [5.74, 6) is 0.272. The highest BCUT2D eigenvalue weighted by atomic mass is 16.5. The third kappa shape index (κ3) is 5.18. The first-order valence-corrected chi connectivity index (χ1v) is 9.37. The first-order chi connectivity index (χ1) is 13.3. The maximum atomic E-state index is 12.0. The highest BCUT2D eigenvalue weighted by molar-refractivity contribution is 5.77. The molecule has 0 atom stereocenters. The summed E-state index contributed by atoms with van der Waals surface area (Å²) in [6.45, 7) is 7.48. The maximum absolute atomic E-state index is 12.0. The van der Waals surface area contributed by atoms with Gasteiger partial charge >= 0.3 is 0 Å². The van der Waals surface area contributed by atoms with E-state index in [0.29, 0.717) is 19.0 Å². The van der Waals surface area contributed by atoms with E-state index in [1.165, 1.54) is 5.56 Å². The Morgan fingerprint density at radius 3 is 2.71 bits per heavy atom. The zero-order valence-electron chi connectivity index (χ0n) is 16.6. The van der Waals surface area contributed by atoms with Crippen molar-refractivity contribution in [2.75, 3.05) is 6.61 Å². The first kappa shape index (κ1) is 20.0. The van der Waals surface area contributed by atoms with E-state index >= 15 is 0 Å². The van der Waals surface area contributed by atoms with Crippen LogP contribution in [0.1, 0.15) is 43.4 Å². The van der Waals surface area contributed by atoms with Gasteiger partial charge in [-0.25, -0.2) is 4.98 Å². The van der Waals surface area contributed by atoms with Gasteiger partial charge in [-0.3, -0.25) is 4.79 Å². The van der Waals surface area contributed by atoms with E-state index in [2.05, 4.69) is 31.1 Å².